The maximum Gasteiger partial charge on any atom is 0.150 e. The first-order valence-corrected chi connectivity index (χ1v) is 5.94. The molecule has 64 valence electrons. The summed E-state index contributed by atoms with van der Waals surface area (Å²) in [4.78, 5) is 12.9. The second-order valence-corrected chi connectivity index (χ2v) is 3.93. The molecular formula is C9H10OS2. The normalized spacial score (nSPS) is 9.83. The highest BCUT2D eigenvalue weighted by molar-refractivity contribution is 8.01. The fourth-order valence-corrected chi connectivity index (χ4v) is 2.41. The molecule has 0 fully saturated rings. The van der Waals surface area contributed by atoms with Crippen molar-refractivity contribution in [2.75, 3.05) is 12.5 Å². The molecule has 0 aliphatic heterocycles. The van der Waals surface area contributed by atoms with Crippen molar-refractivity contribution in [3.8, 4) is 0 Å². The van der Waals surface area contributed by atoms with Gasteiger partial charge in [0.05, 0.1) is 0 Å². The van der Waals surface area contributed by atoms with Crippen LogP contribution in [0, 0.1) is 0 Å². The van der Waals surface area contributed by atoms with Gasteiger partial charge in [0, 0.05) is 15.4 Å². The lowest BCUT2D eigenvalue weighted by atomic mass is 10.2. The average molecular weight is 198 g/mol. The molecular weight excluding hydrogens is 188 g/mol. The molecule has 0 bridgehead atoms. The minimum Gasteiger partial charge on any atom is -0.298 e. The Morgan fingerprint density at radius 1 is 1.17 bits per heavy atom. The van der Waals surface area contributed by atoms with Crippen LogP contribution in [0.4, 0.5) is 0 Å². The van der Waals surface area contributed by atoms with E-state index in [4.69, 9.17) is 0 Å². The fourth-order valence-electron chi connectivity index (χ4n) is 0.926. The molecule has 1 nitrogen and oxygen atoms in total. The molecule has 12 heavy (non-hydrogen) atoms. The summed E-state index contributed by atoms with van der Waals surface area (Å²) in [7, 11) is 0. The first-order chi connectivity index (χ1) is 5.81. The smallest absolute Gasteiger partial charge is 0.150 e. The first kappa shape index (κ1) is 9.68. The van der Waals surface area contributed by atoms with E-state index in [1.807, 2.05) is 30.7 Å². The zero-order valence-corrected chi connectivity index (χ0v) is 8.67. The summed E-state index contributed by atoms with van der Waals surface area (Å²) in [6.07, 6.45) is 4.93. The summed E-state index contributed by atoms with van der Waals surface area (Å²) in [5.74, 6) is 0. The van der Waals surface area contributed by atoms with Crippen LogP contribution in [0.5, 0.6) is 0 Å². The number of benzene rings is 1. The Morgan fingerprint density at radius 2 is 1.83 bits per heavy atom. The zero-order chi connectivity index (χ0) is 8.97. The monoisotopic (exact) mass is 198 g/mol. The lowest BCUT2D eigenvalue weighted by Crippen LogP contribution is -1.82. The maximum atomic E-state index is 10.5. The molecule has 1 rings (SSSR count). The molecule has 0 saturated heterocycles. The SMILES string of the molecule is CSc1ccc(C=O)cc1SC. The number of carbonyl (C=O) groups is 1. The van der Waals surface area contributed by atoms with Gasteiger partial charge >= 0.3 is 0 Å². The van der Waals surface area contributed by atoms with Crippen LogP contribution in [0.1, 0.15) is 10.4 Å². The van der Waals surface area contributed by atoms with Gasteiger partial charge in [0.2, 0.25) is 0 Å². The van der Waals surface area contributed by atoms with Crippen molar-refractivity contribution in [3.63, 3.8) is 0 Å². The van der Waals surface area contributed by atoms with E-state index in [0.29, 0.717) is 0 Å². The molecule has 0 aromatic heterocycles. The topological polar surface area (TPSA) is 17.1 Å². The van der Waals surface area contributed by atoms with Gasteiger partial charge < -0.3 is 0 Å². The second-order valence-electron chi connectivity index (χ2n) is 2.23. The Morgan fingerprint density at radius 3 is 2.33 bits per heavy atom. The summed E-state index contributed by atoms with van der Waals surface area (Å²) in [6.45, 7) is 0. The first-order valence-electron chi connectivity index (χ1n) is 3.49. The molecule has 0 spiro atoms. The Hall–Kier alpha value is -0.410. The third kappa shape index (κ3) is 2.05. The number of hydrogen-bond acceptors (Lipinski definition) is 3. The van der Waals surface area contributed by atoms with Crippen molar-refractivity contribution in [2.45, 2.75) is 9.79 Å². The van der Waals surface area contributed by atoms with Crippen LogP contribution in [0.2, 0.25) is 0 Å². The van der Waals surface area contributed by atoms with E-state index in [2.05, 4.69) is 0 Å². The van der Waals surface area contributed by atoms with Crippen LogP contribution < -0.4 is 0 Å². The molecule has 0 saturated carbocycles. The average Bonchev–Trinajstić information content (AvgIpc) is 2.16. The van der Waals surface area contributed by atoms with E-state index in [0.717, 1.165) is 11.8 Å². The number of aldehydes is 1. The standard InChI is InChI=1S/C9H10OS2/c1-11-8-4-3-7(6-10)5-9(8)12-2/h3-6H,1-2H3. The molecule has 0 radical (unpaired) electrons. The van der Waals surface area contributed by atoms with E-state index < -0.39 is 0 Å². The van der Waals surface area contributed by atoms with Crippen molar-refractivity contribution in [1.29, 1.82) is 0 Å². The predicted molar refractivity (Wildman–Crippen MR) is 55.4 cm³/mol. The van der Waals surface area contributed by atoms with E-state index >= 15 is 0 Å². The van der Waals surface area contributed by atoms with Crippen molar-refractivity contribution in [1.82, 2.24) is 0 Å². The lowest BCUT2D eigenvalue weighted by molar-refractivity contribution is 0.112. The number of hydrogen-bond donors (Lipinski definition) is 0. The lowest BCUT2D eigenvalue weighted by Gasteiger charge is -2.03. The molecule has 0 N–H and O–H groups in total. The number of carbonyl (C=O) groups excluding carboxylic acids is 1. The van der Waals surface area contributed by atoms with Crippen molar-refractivity contribution in [3.05, 3.63) is 23.8 Å². The highest BCUT2D eigenvalue weighted by Crippen LogP contribution is 2.28. The van der Waals surface area contributed by atoms with Crippen LogP contribution in [-0.4, -0.2) is 18.8 Å². The molecule has 0 aliphatic rings. The molecule has 0 atom stereocenters. The van der Waals surface area contributed by atoms with Gasteiger partial charge in [-0.15, -0.1) is 23.5 Å². The zero-order valence-electron chi connectivity index (χ0n) is 7.03. The summed E-state index contributed by atoms with van der Waals surface area (Å²) >= 11 is 3.37. The van der Waals surface area contributed by atoms with Gasteiger partial charge in [-0.25, -0.2) is 0 Å². The van der Waals surface area contributed by atoms with Crippen molar-refractivity contribution < 1.29 is 4.79 Å². The maximum absolute atomic E-state index is 10.5. The summed E-state index contributed by atoms with van der Waals surface area (Å²) in [5, 5.41) is 0. The Balaban J connectivity index is 3.10. The quantitative estimate of drug-likeness (QED) is 0.549. The summed E-state index contributed by atoms with van der Waals surface area (Å²) in [6, 6.07) is 5.75. The van der Waals surface area contributed by atoms with Crippen LogP contribution in [0.15, 0.2) is 28.0 Å². The fraction of sp³-hybridized carbons (Fsp3) is 0.222. The van der Waals surface area contributed by atoms with E-state index in [1.165, 1.54) is 9.79 Å². The van der Waals surface area contributed by atoms with Crippen LogP contribution in [-0.2, 0) is 0 Å². The minimum absolute atomic E-state index is 0.747. The predicted octanol–water partition coefficient (Wildman–Crippen LogP) is 2.94. The van der Waals surface area contributed by atoms with E-state index in [-0.39, 0.29) is 0 Å². The highest BCUT2D eigenvalue weighted by Gasteiger charge is 2.00. The largest absolute Gasteiger partial charge is 0.298 e. The summed E-state index contributed by atoms with van der Waals surface area (Å²) in [5.41, 5.74) is 0.747. The summed E-state index contributed by atoms with van der Waals surface area (Å²) < 4.78 is 0. The molecule has 1 aromatic rings. The van der Waals surface area contributed by atoms with Gasteiger partial charge in [-0.1, -0.05) is 6.07 Å². The highest BCUT2D eigenvalue weighted by atomic mass is 32.2. The van der Waals surface area contributed by atoms with Crippen LogP contribution >= 0.6 is 23.5 Å². The second kappa shape index (κ2) is 4.58. The third-order valence-corrected chi connectivity index (χ3v) is 3.25. The Labute approximate surface area is 80.9 Å². The van der Waals surface area contributed by atoms with Crippen LogP contribution in [0.3, 0.4) is 0 Å². The van der Waals surface area contributed by atoms with Crippen LogP contribution in [0.25, 0.3) is 0 Å². The third-order valence-electron chi connectivity index (χ3n) is 1.54. The number of thioether (sulfide) groups is 2. The molecule has 0 aliphatic carbocycles. The van der Waals surface area contributed by atoms with Gasteiger partial charge in [0.1, 0.15) is 6.29 Å². The van der Waals surface area contributed by atoms with Crippen molar-refractivity contribution in [2.24, 2.45) is 0 Å². The van der Waals surface area contributed by atoms with E-state index in [9.17, 15) is 4.79 Å². The molecule has 0 heterocycles. The minimum atomic E-state index is 0.747. The molecule has 0 unspecified atom stereocenters. The van der Waals surface area contributed by atoms with Gasteiger partial charge in [0.15, 0.2) is 0 Å². The molecule has 1 aromatic carbocycles. The van der Waals surface area contributed by atoms with Gasteiger partial charge in [-0.2, -0.15) is 0 Å². The molecule has 0 amide bonds. The van der Waals surface area contributed by atoms with Gasteiger partial charge in [0.25, 0.3) is 0 Å². The Kier molecular flexibility index (Phi) is 3.69. The Bertz CT molecular complexity index is 284. The van der Waals surface area contributed by atoms with E-state index in [1.54, 1.807) is 23.5 Å². The van der Waals surface area contributed by atoms with Gasteiger partial charge in [-0.05, 0) is 24.6 Å². The molecule has 3 heteroatoms. The van der Waals surface area contributed by atoms with Gasteiger partial charge in [-0.3, -0.25) is 4.79 Å². The number of rotatable bonds is 3. The van der Waals surface area contributed by atoms with Crippen molar-refractivity contribution >= 4 is 29.8 Å².